The molecule has 0 aliphatic carbocycles. The lowest BCUT2D eigenvalue weighted by Gasteiger charge is -2.22. The number of rotatable bonds is 4. The molecule has 0 radical (unpaired) electrons. The highest BCUT2D eigenvalue weighted by atomic mass is 16.3. The van der Waals surface area contributed by atoms with Crippen LogP contribution in [0.4, 0.5) is 0 Å². The van der Waals surface area contributed by atoms with Gasteiger partial charge in [0.1, 0.15) is 11.6 Å². The Morgan fingerprint density at radius 1 is 1.20 bits per heavy atom. The SMILES string of the molecule is CC(C)n1ccnc1CN1CCCN(C(=O)c2ncccc2O)CC1. The molecule has 0 atom stereocenters. The van der Waals surface area contributed by atoms with Crippen molar-refractivity contribution in [3.63, 3.8) is 0 Å². The fraction of sp³-hybridized carbons (Fsp3) is 0.500. The van der Waals surface area contributed by atoms with Gasteiger partial charge in [0.2, 0.25) is 0 Å². The van der Waals surface area contributed by atoms with Crippen molar-refractivity contribution in [2.75, 3.05) is 26.2 Å². The molecule has 0 spiro atoms. The second kappa shape index (κ2) is 7.65. The molecular formula is C18H25N5O2. The van der Waals surface area contributed by atoms with E-state index in [0.717, 1.165) is 31.9 Å². The molecule has 0 unspecified atom stereocenters. The minimum Gasteiger partial charge on any atom is -0.505 e. The standard InChI is InChI=1S/C18H25N5O2/c1-14(2)23-10-7-19-16(23)13-21-8-4-9-22(12-11-21)18(25)17-15(24)5-3-6-20-17/h3,5-7,10,14,24H,4,8-9,11-13H2,1-2H3. The molecular weight excluding hydrogens is 318 g/mol. The van der Waals surface area contributed by atoms with Gasteiger partial charge in [0.25, 0.3) is 5.91 Å². The van der Waals surface area contributed by atoms with Crippen LogP contribution in [0.5, 0.6) is 5.75 Å². The van der Waals surface area contributed by atoms with Crippen molar-refractivity contribution in [3.05, 3.63) is 42.2 Å². The zero-order valence-electron chi connectivity index (χ0n) is 14.8. The second-order valence-corrected chi connectivity index (χ2v) is 6.64. The van der Waals surface area contributed by atoms with Crippen molar-refractivity contribution in [1.82, 2.24) is 24.3 Å². The van der Waals surface area contributed by atoms with Crippen LogP contribution in [0.25, 0.3) is 0 Å². The maximum atomic E-state index is 12.6. The fourth-order valence-corrected chi connectivity index (χ4v) is 3.18. The molecule has 1 aliphatic rings. The first kappa shape index (κ1) is 17.4. The average Bonchev–Trinajstić information content (AvgIpc) is 2.93. The van der Waals surface area contributed by atoms with Gasteiger partial charge in [-0.15, -0.1) is 0 Å². The van der Waals surface area contributed by atoms with Crippen LogP contribution in [0.1, 0.15) is 42.6 Å². The van der Waals surface area contributed by atoms with Gasteiger partial charge in [0.15, 0.2) is 5.69 Å². The normalized spacial score (nSPS) is 16.2. The van der Waals surface area contributed by atoms with E-state index >= 15 is 0 Å². The van der Waals surface area contributed by atoms with Gasteiger partial charge < -0.3 is 14.6 Å². The van der Waals surface area contributed by atoms with Crippen LogP contribution in [-0.2, 0) is 6.54 Å². The Bertz CT molecular complexity index is 728. The molecule has 1 fully saturated rings. The van der Waals surface area contributed by atoms with Gasteiger partial charge in [-0.1, -0.05) is 0 Å². The van der Waals surface area contributed by atoms with Crippen LogP contribution in [0.2, 0.25) is 0 Å². The molecule has 1 amide bonds. The topological polar surface area (TPSA) is 74.5 Å². The summed E-state index contributed by atoms with van der Waals surface area (Å²) in [5.41, 5.74) is 0.131. The fourth-order valence-electron chi connectivity index (χ4n) is 3.18. The van der Waals surface area contributed by atoms with E-state index < -0.39 is 0 Å². The van der Waals surface area contributed by atoms with Gasteiger partial charge in [0, 0.05) is 50.8 Å². The minimum absolute atomic E-state index is 0.0624. The molecule has 1 saturated heterocycles. The number of hydrogen-bond acceptors (Lipinski definition) is 5. The Hall–Kier alpha value is -2.41. The van der Waals surface area contributed by atoms with Gasteiger partial charge in [-0.3, -0.25) is 9.69 Å². The van der Waals surface area contributed by atoms with Crippen molar-refractivity contribution < 1.29 is 9.90 Å². The van der Waals surface area contributed by atoms with E-state index in [4.69, 9.17) is 0 Å². The van der Waals surface area contributed by atoms with Gasteiger partial charge >= 0.3 is 0 Å². The lowest BCUT2D eigenvalue weighted by Crippen LogP contribution is -2.35. The Morgan fingerprint density at radius 2 is 2.04 bits per heavy atom. The smallest absolute Gasteiger partial charge is 0.276 e. The molecule has 2 aromatic heterocycles. The number of nitrogens with zero attached hydrogens (tertiary/aromatic N) is 5. The van der Waals surface area contributed by atoms with Crippen molar-refractivity contribution in [2.24, 2.45) is 0 Å². The van der Waals surface area contributed by atoms with E-state index in [0.29, 0.717) is 19.1 Å². The number of carbonyl (C=O) groups is 1. The van der Waals surface area contributed by atoms with Gasteiger partial charge in [-0.05, 0) is 32.4 Å². The van der Waals surface area contributed by atoms with Crippen molar-refractivity contribution >= 4 is 5.91 Å². The lowest BCUT2D eigenvalue weighted by atomic mass is 10.2. The molecule has 0 aromatic carbocycles. The molecule has 0 saturated carbocycles. The number of pyridine rings is 1. The first-order valence-corrected chi connectivity index (χ1v) is 8.73. The largest absolute Gasteiger partial charge is 0.505 e. The molecule has 3 heterocycles. The molecule has 1 aliphatic heterocycles. The third kappa shape index (κ3) is 3.99. The number of carbonyl (C=O) groups excluding carboxylic acids is 1. The second-order valence-electron chi connectivity index (χ2n) is 6.64. The summed E-state index contributed by atoms with van der Waals surface area (Å²) >= 11 is 0. The minimum atomic E-state index is -0.205. The predicted octanol–water partition coefficient (Wildman–Crippen LogP) is 1.91. The van der Waals surface area contributed by atoms with Crippen LogP contribution in [0.15, 0.2) is 30.7 Å². The summed E-state index contributed by atoms with van der Waals surface area (Å²) in [4.78, 5) is 25.2. The lowest BCUT2D eigenvalue weighted by molar-refractivity contribution is 0.0751. The molecule has 1 N–H and O–H groups in total. The number of hydrogen-bond donors (Lipinski definition) is 1. The van der Waals surface area contributed by atoms with Crippen molar-refractivity contribution in [1.29, 1.82) is 0 Å². The summed E-state index contributed by atoms with van der Waals surface area (Å²) < 4.78 is 2.18. The van der Waals surface area contributed by atoms with Crippen molar-refractivity contribution in [2.45, 2.75) is 32.9 Å². The molecule has 2 aromatic rings. The van der Waals surface area contributed by atoms with E-state index in [1.807, 2.05) is 12.4 Å². The van der Waals surface area contributed by atoms with Gasteiger partial charge in [-0.25, -0.2) is 9.97 Å². The number of imidazole rings is 1. The van der Waals surface area contributed by atoms with E-state index in [1.54, 1.807) is 11.0 Å². The summed E-state index contributed by atoms with van der Waals surface area (Å²) in [6, 6.07) is 3.50. The van der Waals surface area contributed by atoms with E-state index in [1.165, 1.54) is 12.3 Å². The van der Waals surface area contributed by atoms with E-state index in [9.17, 15) is 9.90 Å². The van der Waals surface area contributed by atoms with Gasteiger partial charge in [0.05, 0.1) is 6.54 Å². The van der Waals surface area contributed by atoms with E-state index in [2.05, 4.69) is 33.3 Å². The maximum Gasteiger partial charge on any atom is 0.276 e. The van der Waals surface area contributed by atoms with Crippen LogP contribution < -0.4 is 0 Å². The van der Waals surface area contributed by atoms with Crippen LogP contribution >= 0.6 is 0 Å². The molecule has 7 heteroatoms. The van der Waals surface area contributed by atoms with Crippen molar-refractivity contribution in [3.8, 4) is 5.75 Å². The molecule has 134 valence electrons. The monoisotopic (exact) mass is 343 g/mol. The van der Waals surface area contributed by atoms with Gasteiger partial charge in [-0.2, -0.15) is 0 Å². The Balaban J connectivity index is 1.63. The highest BCUT2D eigenvalue weighted by Gasteiger charge is 2.23. The quantitative estimate of drug-likeness (QED) is 0.918. The molecule has 25 heavy (non-hydrogen) atoms. The summed E-state index contributed by atoms with van der Waals surface area (Å²) in [5.74, 6) is 0.786. The summed E-state index contributed by atoms with van der Waals surface area (Å²) in [7, 11) is 0. The van der Waals surface area contributed by atoms with Crippen LogP contribution in [0, 0.1) is 0 Å². The Labute approximate surface area is 147 Å². The third-order valence-electron chi connectivity index (χ3n) is 4.53. The number of aromatic nitrogens is 3. The van der Waals surface area contributed by atoms with Crippen LogP contribution in [-0.4, -0.2) is 61.5 Å². The highest BCUT2D eigenvalue weighted by molar-refractivity contribution is 5.94. The molecule has 0 bridgehead atoms. The zero-order chi connectivity index (χ0) is 17.8. The highest BCUT2D eigenvalue weighted by Crippen LogP contribution is 2.17. The summed E-state index contributed by atoms with van der Waals surface area (Å²) in [6.07, 6.45) is 6.27. The first-order valence-electron chi connectivity index (χ1n) is 8.73. The third-order valence-corrected chi connectivity index (χ3v) is 4.53. The number of amides is 1. The van der Waals surface area contributed by atoms with Crippen LogP contribution in [0.3, 0.4) is 0 Å². The average molecular weight is 343 g/mol. The Morgan fingerprint density at radius 3 is 2.80 bits per heavy atom. The number of aromatic hydroxyl groups is 1. The molecule has 7 nitrogen and oxygen atoms in total. The first-order chi connectivity index (χ1) is 12.1. The van der Waals surface area contributed by atoms with E-state index in [-0.39, 0.29) is 17.4 Å². The summed E-state index contributed by atoms with van der Waals surface area (Å²) in [5, 5.41) is 9.86. The predicted molar refractivity (Wildman–Crippen MR) is 94.3 cm³/mol. The summed E-state index contributed by atoms with van der Waals surface area (Å²) in [6.45, 7) is 8.07. The molecule has 3 rings (SSSR count). The zero-order valence-corrected chi connectivity index (χ0v) is 14.8. The Kier molecular flexibility index (Phi) is 5.33. The maximum absolute atomic E-state index is 12.6.